The van der Waals surface area contributed by atoms with Gasteiger partial charge in [-0.1, -0.05) is 42.5 Å². The average molecular weight is 367 g/mol. The average Bonchev–Trinajstić information content (AvgIpc) is 2.71. The maximum absolute atomic E-state index is 12.9. The second-order valence-electron chi connectivity index (χ2n) is 7.07. The molecule has 0 unspecified atom stereocenters. The number of hydrogen-bond donors (Lipinski definition) is 1. The highest BCUT2D eigenvalue weighted by molar-refractivity contribution is 5.83. The molecule has 2 aromatic rings. The van der Waals surface area contributed by atoms with Gasteiger partial charge in [-0.05, 0) is 31.5 Å². The predicted molar refractivity (Wildman–Crippen MR) is 110 cm³/mol. The van der Waals surface area contributed by atoms with E-state index >= 15 is 0 Å². The van der Waals surface area contributed by atoms with Crippen LogP contribution in [0.2, 0.25) is 0 Å². The predicted octanol–water partition coefficient (Wildman–Crippen LogP) is 3.37. The van der Waals surface area contributed by atoms with Crippen LogP contribution in [0.1, 0.15) is 19.4 Å². The summed E-state index contributed by atoms with van der Waals surface area (Å²) in [5, 5.41) is 3.36. The van der Waals surface area contributed by atoms with Crippen LogP contribution >= 0.6 is 0 Å². The summed E-state index contributed by atoms with van der Waals surface area (Å²) in [7, 11) is 0. The Labute approximate surface area is 161 Å². The third-order valence-corrected chi connectivity index (χ3v) is 4.83. The first-order chi connectivity index (χ1) is 13.1. The molecule has 1 fully saturated rings. The SMILES string of the molecule is CC(C)N(Cc1ccccc1)C(=O)CNc1ccccc1N1CCOCC1. The highest BCUT2D eigenvalue weighted by atomic mass is 16.5. The smallest absolute Gasteiger partial charge is 0.242 e. The van der Waals surface area contributed by atoms with Gasteiger partial charge in [-0.15, -0.1) is 0 Å². The summed E-state index contributed by atoms with van der Waals surface area (Å²) < 4.78 is 5.45. The van der Waals surface area contributed by atoms with Crippen molar-refractivity contribution >= 4 is 17.3 Å². The number of anilines is 2. The van der Waals surface area contributed by atoms with Gasteiger partial charge in [0.25, 0.3) is 0 Å². The highest BCUT2D eigenvalue weighted by Gasteiger charge is 2.19. The van der Waals surface area contributed by atoms with Gasteiger partial charge in [0, 0.05) is 25.7 Å². The van der Waals surface area contributed by atoms with E-state index < -0.39 is 0 Å². The van der Waals surface area contributed by atoms with E-state index in [1.165, 1.54) is 0 Å². The van der Waals surface area contributed by atoms with Crippen molar-refractivity contribution in [2.45, 2.75) is 26.4 Å². The van der Waals surface area contributed by atoms with Gasteiger partial charge in [0.1, 0.15) is 0 Å². The molecule has 0 bridgehead atoms. The summed E-state index contributed by atoms with van der Waals surface area (Å²) in [5.41, 5.74) is 3.28. The van der Waals surface area contributed by atoms with Crippen LogP contribution in [0.5, 0.6) is 0 Å². The Kier molecular flexibility index (Phi) is 6.71. The summed E-state index contributed by atoms with van der Waals surface area (Å²) in [4.78, 5) is 17.1. The van der Waals surface area contributed by atoms with Gasteiger partial charge in [-0.3, -0.25) is 4.79 Å². The molecule has 0 aliphatic carbocycles. The number of ether oxygens (including phenoxy) is 1. The molecular weight excluding hydrogens is 338 g/mol. The molecule has 0 atom stereocenters. The highest BCUT2D eigenvalue weighted by Crippen LogP contribution is 2.26. The van der Waals surface area contributed by atoms with Crippen molar-refractivity contribution in [2.24, 2.45) is 0 Å². The van der Waals surface area contributed by atoms with E-state index in [0.29, 0.717) is 6.54 Å². The van der Waals surface area contributed by atoms with E-state index in [1.807, 2.05) is 41.3 Å². The van der Waals surface area contributed by atoms with Crippen molar-refractivity contribution in [3.8, 4) is 0 Å². The minimum absolute atomic E-state index is 0.102. The molecular formula is C22H29N3O2. The molecule has 1 saturated heterocycles. The third kappa shape index (κ3) is 5.23. The molecule has 3 rings (SSSR count). The molecule has 0 saturated carbocycles. The molecule has 1 amide bonds. The van der Waals surface area contributed by atoms with Crippen LogP contribution in [0, 0.1) is 0 Å². The molecule has 5 nitrogen and oxygen atoms in total. The Hall–Kier alpha value is -2.53. The number of nitrogens with zero attached hydrogens (tertiary/aromatic N) is 2. The van der Waals surface area contributed by atoms with Crippen LogP contribution in [0.3, 0.4) is 0 Å². The lowest BCUT2D eigenvalue weighted by Gasteiger charge is -2.31. The van der Waals surface area contributed by atoms with Crippen molar-refractivity contribution in [1.29, 1.82) is 0 Å². The van der Waals surface area contributed by atoms with Crippen LogP contribution in [-0.4, -0.2) is 49.7 Å². The summed E-state index contributed by atoms with van der Waals surface area (Å²) in [6.45, 7) is 8.26. The fourth-order valence-corrected chi connectivity index (χ4v) is 3.31. The Balaban J connectivity index is 1.65. The van der Waals surface area contributed by atoms with E-state index in [2.05, 4.69) is 42.3 Å². The molecule has 2 aromatic carbocycles. The topological polar surface area (TPSA) is 44.8 Å². The number of rotatable bonds is 7. The first-order valence-electron chi connectivity index (χ1n) is 9.64. The first kappa shape index (κ1) is 19.2. The van der Waals surface area contributed by atoms with Crippen molar-refractivity contribution in [2.75, 3.05) is 43.1 Å². The molecule has 0 aromatic heterocycles. The summed E-state index contributed by atoms with van der Waals surface area (Å²) in [6, 6.07) is 18.5. The number of carbonyl (C=O) groups is 1. The lowest BCUT2D eigenvalue weighted by atomic mass is 10.2. The lowest BCUT2D eigenvalue weighted by Crippen LogP contribution is -2.40. The zero-order valence-electron chi connectivity index (χ0n) is 16.2. The second-order valence-corrected chi connectivity index (χ2v) is 7.07. The number of amides is 1. The number of hydrogen-bond acceptors (Lipinski definition) is 4. The zero-order valence-corrected chi connectivity index (χ0v) is 16.2. The maximum atomic E-state index is 12.9. The van der Waals surface area contributed by atoms with Crippen molar-refractivity contribution in [3.05, 3.63) is 60.2 Å². The Bertz CT molecular complexity index is 727. The summed E-state index contributed by atoms with van der Waals surface area (Å²) in [6.07, 6.45) is 0. The van der Waals surface area contributed by atoms with Gasteiger partial charge < -0.3 is 19.9 Å². The zero-order chi connectivity index (χ0) is 19.1. The van der Waals surface area contributed by atoms with Gasteiger partial charge in [0.2, 0.25) is 5.91 Å². The molecule has 5 heteroatoms. The van der Waals surface area contributed by atoms with E-state index in [-0.39, 0.29) is 18.5 Å². The number of morpholine rings is 1. The molecule has 1 heterocycles. The van der Waals surface area contributed by atoms with Crippen LogP contribution in [0.25, 0.3) is 0 Å². The van der Waals surface area contributed by atoms with Crippen molar-refractivity contribution < 1.29 is 9.53 Å². The summed E-state index contributed by atoms with van der Waals surface area (Å²) >= 11 is 0. The quantitative estimate of drug-likeness (QED) is 0.815. The van der Waals surface area contributed by atoms with E-state index in [1.54, 1.807) is 0 Å². The van der Waals surface area contributed by atoms with Gasteiger partial charge in [-0.25, -0.2) is 0 Å². The molecule has 0 radical (unpaired) electrons. The van der Waals surface area contributed by atoms with Crippen molar-refractivity contribution in [1.82, 2.24) is 4.90 Å². The standard InChI is InChI=1S/C22H29N3O2/c1-18(2)25(17-19-8-4-3-5-9-19)22(26)16-23-20-10-6-7-11-21(20)24-12-14-27-15-13-24/h3-11,18,23H,12-17H2,1-2H3. The minimum Gasteiger partial charge on any atom is -0.378 e. The van der Waals surface area contributed by atoms with Crippen LogP contribution in [-0.2, 0) is 16.1 Å². The second kappa shape index (κ2) is 9.42. The number of para-hydroxylation sites is 2. The molecule has 1 aliphatic heterocycles. The summed E-state index contributed by atoms with van der Waals surface area (Å²) in [5.74, 6) is 0.102. The fourth-order valence-electron chi connectivity index (χ4n) is 3.31. The Morgan fingerprint density at radius 3 is 2.44 bits per heavy atom. The lowest BCUT2D eigenvalue weighted by molar-refractivity contribution is -0.131. The largest absolute Gasteiger partial charge is 0.378 e. The molecule has 144 valence electrons. The number of benzene rings is 2. The normalized spacial score (nSPS) is 14.3. The van der Waals surface area contributed by atoms with Crippen LogP contribution in [0.4, 0.5) is 11.4 Å². The van der Waals surface area contributed by atoms with Gasteiger partial charge >= 0.3 is 0 Å². The van der Waals surface area contributed by atoms with Crippen molar-refractivity contribution in [3.63, 3.8) is 0 Å². The van der Waals surface area contributed by atoms with Crippen LogP contribution < -0.4 is 10.2 Å². The van der Waals surface area contributed by atoms with Crippen LogP contribution in [0.15, 0.2) is 54.6 Å². The van der Waals surface area contributed by atoms with Gasteiger partial charge in [0.15, 0.2) is 0 Å². The van der Waals surface area contributed by atoms with Gasteiger partial charge in [0.05, 0.1) is 31.1 Å². The maximum Gasteiger partial charge on any atom is 0.242 e. The molecule has 1 aliphatic rings. The Morgan fingerprint density at radius 1 is 1.07 bits per heavy atom. The Morgan fingerprint density at radius 2 is 1.74 bits per heavy atom. The first-order valence-corrected chi connectivity index (χ1v) is 9.64. The molecule has 0 spiro atoms. The molecule has 1 N–H and O–H groups in total. The fraction of sp³-hybridized carbons (Fsp3) is 0.409. The monoisotopic (exact) mass is 367 g/mol. The van der Waals surface area contributed by atoms with E-state index in [0.717, 1.165) is 43.2 Å². The van der Waals surface area contributed by atoms with E-state index in [4.69, 9.17) is 4.74 Å². The number of carbonyl (C=O) groups excluding carboxylic acids is 1. The minimum atomic E-state index is 0.102. The third-order valence-electron chi connectivity index (χ3n) is 4.83. The number of nitrogens with one attached hydrogen (secondary N) is 1. The van der Waals surface area contributed by atoms with E-state index in [9.17, 15) is 4.79 Å². The molecule has 27 heavy (non-hydrogen) atoms. The van der Waals surface area contributed by atoms with Gasteiger partial charge in [-0.2, -0.15) is 0 Å².